The van der Waals surface area contributed by atoms with E-state index in [4.69, 9.17) is 4.74 Å². The van der Waals surface area contributed by atoms with E-state index in [-0.39, 0.29) is 4.91 Å². The molecule has 2 aromatic rings. The van der Waals surface area contributed by atoms with Crippen molar-refractivity contribution in [3.8, 4) is 5.75 Å². The van der Waals surface area contributed by atoms with Gasteiger partial charge in [-0.25, -0.2) is 4.39 Å². The van der Waals surface area contributed by atoms with Crippen molar-refractivity contribution in [2.75, 3.05) is 19.0 Å². The average molecular weight is 400 g/mol. The molecule has 0 aliphatic carbocycles. The summed E-state index contributed by atoms with van der Waals surface area (Å²) in [5.41, 5.74) is 2.02. The van der Waals surface area contributed by atoms with Crippen molar-refractivity contribution in [3.63, 3.8) is 0 Å². The highest BCUT2D eigenvalue weighted by Gasteiger charge is 2.36. The Hall–Kier alpha value is -3.13. The van der Waals surface area contributed by atoms with E-state index in [1.807, 2.05) is 13.0 Å². The molecule has 6 nitrogen and oxygen atoms in total. The summed E-state index contributed by atoms with van der Waals surface area (Å²) in [5.74, 6) is -0.779. The molecule has 2 aromatic carbocycles. The number of nitrogens with zero attached hydrogens (tertiary/aromatic N) is 1. The molecule has 144 valence electrons. The molecule has 0 bridgehead atoms. The number of rotatable bonds is 5. The Morgan fingerprint density at radius 1 is 1.21 bits per heavy atom. The summed E-state index contributed by atoms with van der Waals surface area (Å²) in [7, 11) is 1.57. The highest BCUT2D eigenvalue weighted by atomic mass is 32.2. The van der Waals surface area contributed by atoms with E-state index in [0.29, 0.717) is 5.69 Å². The summed E-state index contributed by atoms with van der Waals surface area (Å²) in [6, 6.07) is 10.6. The Bertz CT molecular complexity index is 973. The lowest BCUT2D eigenvalue weighted by Crippen LogP contribution is -2.36. The van der Waals surface area contributed by atoms with Gasteiger partial charge >= 0.3 is 0 Å². The van der Waals surface area contributed by atoms with Gasteiger partial charge in [-0.05, 0) is 72.3 Å². The third-order valence-electron chi connectivity index (χ3n) is 4.02. The Kier molecular flexibility index (Phi) is 5.79. The van der Waals surface area contributed by atoms with E-state index in [0.717, 1.165) is 33.5 Å². The number of anilines is 1. The molecule has 0 atom stereocenters. The van der Waals surface area contributed by atoms with Gasteiger partial charge in [-0.15, -0.1) is 0 Å². The molecule has 3 rings (SSSR count). The fourth-order valence-electron chi connectivity index (χ4n) is 2.66. The fourth-order valence-corrected chi connectivity index (χ4v) is 3.49. The molecule has 1 aliphatic heterocycles. The average Bonchev–Trinajstić information content (AvgIpc) is 2.91. The molecule has 1 N–H and O–H groups in total. The molecule has 1 heterocycles. The molecular weight excluding hydrogens is 383 g/mol. The van der Waals surface area contributed by atoms with Crippen molar-refractivity contribution >= 4 is 40.6 Å². The summed E-state index contributed by atoms with van der Waals surface area (Å²) in [6.45, 7) is 1.46. The molecule has 0 spiro atoms. The standard InChI is InChI=1S/C20H17FN2O4S/c1-12-9-13(3-8-16(12)27-2)10-17-19(25)23(20(26)28-17)11-18(24)22-15-6-4-14(21)5-7-15/h3-10H,11H2,1-2H3,(H,22,24)/b17-10-. The van der Waals surface area contributed by atoms with Gasteiger partial charge in [-0.3, -0.25) is 19.3 Å². The van der Waals surface area contributed by atoms with Crippen LogP contribution < -0.4 is 10.1 Å². The van der Waals surface area contributed by atoms with Crippen LogP contribution in [-0.2, 0) is 9.59 Å². The number of carbonyl (C=O) groups excluding carboxylic acids is 3. The highest BCUT2D eigenvalue weighted by molar-refractivity contribution is 8.18. The molecule has 1 aliphatic rings. The van der Waals surface area contributed by atoms with Crippen LogP contribution in [0.5, 0.6) is 5.75 Å². The monoisotopic (exact) mass is 400 g/mol. The van der Waals surface area contributed by atoms with Crippen LogP contribution >= 0.6 is 11.8 Å². The molecule has 1 fully saturated rings. The number of nitrogens with one attached hydrogen (secondary N) is 1. The lowest BCUT2D eigenvalue weighted by Gasteiger charge is -2.12. The zero-order chi connectivity index (χ0) is 20.3. The molecule has 3 amide bonds. The third kappa shape index (κ3) is 4.40. The van der Waals surface area contributed by atoms with Crippen molar-refractivity contribution in [2.24, 2.45) is 0 Å². The van der Waals surface area contributed by atoms with E-state index >= 15 is 0 Å². The second-order valence-corrected chi connectivity index (χ2v) is 7.05. The number of carbonyl (C=O) groups is 3. The van der Waals surface area contributed by atoms with E-state index < -0.39 is 29.4 Å². The minimum Gasteiger partial charge on any atom is -0.496 e. The molecule has 1 saturated heterocycles. The first-order chi connectivity index (χ1) is 13.4. The van der Waals surface area contributed by atoms with Crippen LogP contribution in [0.1, 0.15) is 11.1 Å². The van der Waals surface area contributed by atoms with Gasteiger partial charge < -0.3 is 10.1 Å². The lowest BCUT2D eigenvalue weighted by molar-refractivity contribution is -0.127. The summed E-state index contributed by atoms with van der Waals surface area (Å²) < 4.78 is 18.1. The van der Waals surface area contributed by atoms with Gasteiger partial charge in [-0.2, -0.15) is 0 Å². The maximum absolute atomic E-state index is 12.9. The van der Waals surface area contributed by atoms with E-state index in [2.05, 4.69) is 5.32 Å². The van der Waals surface area contributed by atoms with Gasteiger partial charge in [0, 0.05) is 5.69 Å². The summed E-state index contributed by atoms with van der Waals surface area (Å²) >= 11 is 0.780. The third-order valence-corrected chi connectivity index (χ3v) is 4.93. The topological polar surface area (TPSA) is 75.7 Å². The van der Waals surface area contributed by atoms with E-state index in [9.17, 15) is 18.8 Å². The summed E-state index contributed by atoms with van der Waals surface area (Å²) in [4.78, 5) is 37.9. The largest absolute Gasteiger partial charge is 0.496 e. The predicted octanol–water partition coefficient (Wildman–Crippen LogP) is 3.82. The number of imide groups is 1. The van der Waals surface area contributed by atoms with Crippen molar-refractivity contribution in [2.45, 2.75) is 6.92 Å². The molecule has 0 radical (unpaired) electrons. The minimum absolute atomic E-state index is 0.240. The van der Waals surface area contributed by atoms with Crippen LogP contribution in [0.2, 0.25) is 0 Å². The van der Waals surface area contributed by atoms with Crippen LogP contribution in [0.25, 0.3) is 6.08 Å². The normalized spacial score (nSPS) is 15.2. The van der Waals surface area contributed by atoms with Crippen LogP contribution in [0.15, 0.2) is 47.4 Å². The number of halogens is 1. The SMILES string of the molecule is COc1ccc(/C=C2\SC(=O)N(CC(=O)Nc3ccc(F)cc3)C2=O)cc1C. The van der Waals surface area contributed by atoms with E-state index in [1.165, 1.54) is 24.3 Å². The Morgan fingerprint density at radius 3 is 2.57 bits per heavy atom. The van der Waals surface area contributed by atoms with Crippen LogP contribution in [0, 0.1) is 12.7 Å². The van der Waals surface area contributed by atoms with Gasteiger partial charge in [0.25, 0.3) is 11.1 Å². The van der Waals surface area contributed by atoms with Crippen LogP contribution in [0.3, 0.4) is 0 Å². The number of thioether (sulfide) groups is 1. The Balaban J connectivity index is 1.69. The molecular formula is C20H17FN2O4S. The van der Waals surface area contributed by atoms with Crippen molar-refractivity contribution in [1.82, 2.24) is 4.90 Å². The number of amides is 3. The van der Waals surface area contributed by atoms with Crippen molar-refractivity contribution in [1.29, 1.82) is 0 Å². The lowest BCUT2D eigenvalue weighted by atomic mass is 10.1. The highest BCUT2D eigenvalue weighted by Crippen LogP contribution is 2.32. The number of benzene rings is 2. The van der Waals surface area contributed by atoms with Crippen LogP contribution in [-0.4, -0.2) is 35.6 Å². The number of hydrogen-bond donors (Lipinski definition) is 1. The number of methoxy groups -OCH3 is 1. The molecule has 0 unspecified atom stereocenters. The van der Waals surface area contributed by atoms with Crippen LogP contribution in [0.4, 0.5) is 14.9 Å². The van der Waals surface area contributed by atoms with Gasteiger partial charge in [-0.1, -0.05) is 6.07 Å². The quantitative estimate of drug-likeness (QED) is 0.773. The summed E-state index contributed by atoms with van der Waals surface area (Å²) in [6.07, 6.45) is 1.61. The van der Waals surface area contributed by atoms with Gasteiger partial charge in [0.1, 0.15) is 18.1 Å². The smallest absolute Gasteiger partial charge is 0.294 e. The first-order valence-corrected chi connectivity index (χ1v) is 9.14. The molecule has 8 heteroatoms. The van der Waals surface area contributed by atoms with Crippen molar-refractivity contribution in [3.05, 3.63) is 64.3 Å². The van der Waals surface area contributed by atoms with Gasteiger partial charge in [0.05, 0.1) is 12.0 Å². The Morgan fingerprint density at radius 2 is 1.93 bits per heavy atom. The molecule has 0 saturated carbocycles. The van der Waals surface area contributed by atoms with Crippen molar-refractivity contribution < 1.29 is 23.5 Å². The minimum atomic E-state index is -0.546. The van der Waals surface area contributed by atoms with Gasteiger partial charge in [0.2, 0.25) is 5.91 Å². The number of aryl methyl sites for hydroxylation is 1. The number of hydrogen-bond acceptors (Lipinski definition) is 5. The maximum Gasteiger partial charge on any atom is 0.294 e. The zero-order valence-corrected chi connectivity index (χ0v) is 16.0. The second-order valence-electron chi connectivity index (χ2n) is 6.05. The predicted molar refractivity (Wildman–Crippen MR) is 105 cm³/mol. The van der Waals surface area contributed by atoms with Gasteiger partial charge in [0.15, 0.2) is 0 Å². The first kappa shape index (κ1) is 19.6. The first-order valence-electron chi connectivity index (χ1n) is 8.33. The molecule has 28 heavy (non-hydrogen) atoms. The fraction of sp³-hybridized carbons (Fsp3) is 0.150. The second kappa shape index (κ2) is 8.26. The molecule has 0 aromatic heterocycles. The van der Waals surface area contributed by atoms with E-state index in [1.54, 1.807) is 25.3 Å². The Labute approximate surface area is 165 Å². The maximum atomic E-state index is 12.9. The number of ether oxygens (including phenoxy) is 1. The summed E-state index contributed by atoms with van der Waals surface area (Å²) in [5, 5.41) is 2.01. The zero-order valence-electron chi connectivity index (χ0n) is 15.2.